The highest BCUT2D eigenvalue weighted by molar-refractivity contribution is 5.95. The zero-order chi connectivity index (χ0) is 29.0. The molecule has 0 spiro atoms. The van der Waals surface area contributed by atoms with Gasteiger partial charge in [-0.2, -0.15) is 0 Å². The molecule has 2 amide bonds. The molecule has 2 saturated heterocycles. The number of hydrogen-bond donors (Lipinski definition) is 2. The SMILES string of the molecule is CC(C)(Oc1cccc(C2CCCN(C(=O)c3cccc(-c4ccc(F)c(F)c4)c3)C2)c1)C(=O)NC1CCNCC1. The van der Waals surface area contributed by atoms with Crippen LogP contribution in [0.5, 0.6) is 5.75 Å². The van der Waals surface area contributed by atoms with Crippen LogP contribution in [0.25, 0.3) is 11.1 Å². The Bertz CT molecular complexity index is 1400. The minimum Gasteiger partial charge on any atom is -0.478 e. The van der Waals surface area contributed by atoms with Crippen LogP contribution < -0.4 is 15.4 Å². The maximum Gasteiger partial charge on any atom is 0.263 e. The predicted octanol–water partition coefficient (Wildman–Crippen LogP) is 5.68. The third-order valence-electron chi connectivity index (χ3n) is 7.99. The molecule has 41 heavy (non-hydrogen) atoms. The average Bonchev–Trinajstić information content (AvgIpc) is 2.99. The van der Waals surface area contributed by atoms with Gasteiger partial charge in [0, 0.05) is 30.6 Å². The number of likely N-dealkylation sites (tertiary alicyclic amines) is 1. The molecule has 8 heteroatoms. The minimum atomic E-state index is -1.03. The number of carbonyl (C=O) groups excluding carboxylic acids is 2. The molecule has 3 aromatic rings. The zero-order valence-electron chi connectivity index (χ0n) is 23.6. The number of piperidine rings is 2. The van der Waals surface area contributed by atoms with Crippen LogP contribution in [0.1, 0.15) is 61.4 Å². The number of nitrogens with zero attached hydrogens (tertiary/aromatic N) is 1. The molecule has 2 aliphatic rings. The molecule has 1 atom stereocenters. The first-order valence-electron chi connectivity index (χ1n) is 14.3. The van der Waals surface area contributed by atoms with Crippen molar-refractivity contribution in [3.63, 3.8) is 0 Å². The highest BCUT2D eigenvalue weighted by Crippen LogP contribution is 2.31. The van der Waals surface area contributed by atoms with E-state index in [1.165, 1.54) is 6.07 Å². The largest absolute Gasteiger partial charge is 0.478 e. The van der Waals surface area contributed by atoms with Crippen molar-refractivity contribution in [3.8, 4) is 16.9 Å². The topological polar surface area (TPSA) is 70.7 Å². The molecule has 0 bridgehead atoms. The van der Waals surface area contributed by atoms with Crippen molar-refractivity contribution in [1.29, 1.82) is 0 Å². The molecule has 3 aromatic carbocycles. The molecule has 0 aliphatic carbocycles. The summed E-state index contributed by atoms with van der Waals surface area (Å²) in [6, 6.07) is 18.7. The Hall–Kier alpha value is -3.78. The molecule has 2 N–H and O–H groups in total. The molecule has 2 heterocycles. The summed E-state index contributed by atoms with van der Waals surface area (Å²) >= 11 is 0. The lowest BCUT2D eigenvalue weighted by Gasteiger charge is -2.34. The van der Waals surface area contributed by atoms with Crippen molar-refractivity contribution in [2.75, 3.05) is 26.2 Å². The summed E-state index contributed by atoms with van der Waals surface area (Å²) in [5, 5.41) is 6.43. The van der Waals surface area contributed by atoms with Crippen molar-refractivity contribution in [2.24, 2.45) is 0 Å². The quantitative estimate of drug-likeness (QED) is 0.390. The summed E-state index contributed by atoms with van der Waals surface area (Å²) in [6.45, 7) is 6.56. The smallest absolute Gasteiger partial charge is 0.263 e. The van der Waals surface area contributed by atoms with Crippen LogP contribution in [0.15, 0.2) is 66.7 Å². The normalized spacial score (nSPS) is 18.1. The molecule has 0 saturated carbocycles. The fraction of sp³-hybridized carbons (Fsp3) is 0.394. The molecule has 216 valence electrons. The van der Waals surface area contributed by atoms with Crippen molar-refractivity contribution in [2.45, 2.75) is 57.1 Å². The molecular formula is C33H37F2N3O3. The van der Waals surface area contributed by atoms with E-state index in [4.69, 9.17) is 4.74 Å². The Morgan fingerprint density at radius 1 is 0.927 bits per heavy atom. The number of carbonyl (C=O) groups is 2. The van der Waals surface area contributed by atoms with Crippen LogP contribution in [0, 0.1) is 11.6 Å². The van der Waals surface area contributed by atoms with Gasteiger partial charge in [0.05, 0.1) is 0 Å². The standard InChI is InChI=1S/C33H37F2N3O3/c1-33(2,32(40)37-27-13-15-36-16-14-27)41-28-10-4-7-23(19-28)26-9-5-17-38(21-26)31(39)25-8-3-6-22(18-25)24-11-12-29(34)30(35)20-24/h3-4,6-8,10-12,18-20,26-27,36H,5,9,13-17,21H2,1-2H3,(H,37,40). The van der Waals surface area contributed by atoms with Crippen molar-refractivity contribution in [3.05, 3.63) is 89.5 Å². The number of amides is 2. The number of nitrogens with one attached hydrogen (secondary N) is 2. The first kappa shape index (κ1) is 28.7. The second-order valence-corrected chi connectivity index (χ2v) is 11.5. The Kier molecular flexibility index (Phi) is 8.68. The fourth-order valence-corrected chi connectivity index (χ4v) is 5.62. The van der Waals surface area contributed by atoms with Gasteiger partial charge in [0.25, 0.3) is 11.8 Å². The Balaban J connectivity index is 1.25. The van der Waals surface area contributed by atoms with Gasteiger partial charge in [-0.1, -0.05) is 30.3 Å². The van der Waals surface area contributed by atoms with E-state index >= 15 is 0 Å². The van der Waals surface area contributed by atoms with E-state index < -0.39 is 17.2 Å². The molecule has 2 fully saturated rings. The Labute approximate surface area is 240 Å². The summed E-state index contributed by atoms with van der Waals surface area (Å²) in [5.41, 5.74) is 1.70. The van der Waals surface area contributed by atoms with Crippen LogP contribution in [0.2, 0.25) is 0 Å². The third-order valence-corrected chi connectivity index (χ3v) is 7.99. The third kappa shape index (κ3) is 6.93. The lowest BCUT2D eigenvalue weighted by atomic mass is 9.90. The van der Waals surface area contributed by atoms with E-state index in [1.54, 1.807) is 38.1 Å². The molecule has 0 aromatic heterocycles. The average molecular weight is 562 g/mol. The summed E-state index contributed by atoms with van der Waals surface area (Å²) in [6.07, 6.45) is 3.60. The molecule has 2 aliphatic heterocycles. The van der Waals surface area contributed by atoms with Crippen LogP contribution in [-0.2, 0) is 4.79 Å². The van der Waals surface area contributed by atoms with E-state index in [1.807, 2.05) is 29.2 Å². The lowest BCUT2D eigenvalue weighted by molar-refractivity contribution is -0.135. The summed E-state index contributed by atoms with van der Waals surface area (Å²) in [4.78, 5) is 28.3. The summed E-state index contributed by atoms with van der Waals surface area (Å²) in [5.74, 6) is -1.31. The zero-order valence-corrected chi connectivity index (χ0v) is 23.6. The highest BCUT2D eigenvalue weighted by Gasteiger charge is 2.32. The highest BCUT2D eigenvalue weighted by atomic mass is 19.2. The van der Waals surface area contributed by atoms with Crippen molar-refractivity contribution in [1.82, 2.24) is 15.5 Å². The number of rotatable bonds is 7. The summed E-state index contributed by atoms with van der Waals surface area (Å²) < 4.78 is 33.4. The van der Waals surface area contributed by atoms with Crippen molar-refractivity contribution >= 4 is 11.8 Å². The van der Waals surface area contributed by atoms with Crippen LogP contribution >= 0.6 is 0 Å². The number of hydrogen-bond acceptors (Lipinski definition) is 4. The maximum atomic E-state index is 13.8. The Morgan fingerprint density at radius 2 is 1.68 bits per heavy atom. The van der Waals surface area contributed by atoms with Gasteiger partial charge >= 0.3 is 0 Å². The first-order chi connectivity index (χ1) is 19.7. The molecule has 6 nitrogen and oxygen atoms in total. The molecule has 1 unspecified atom stereocenters. The van der Waals surface area contributed by atoms with E-state index in [0.29, 0.717) is 35.5 Å². The fourth-order valence-electron chi connectivity index (χ4n) is 5.62. The van der Waals surface area contributed by atoms with Gasteiger partial charge in [-0.25, -0.2) is 8.78 Å². The van der Waals surface area contributed by atoms with Gasteiger partial charge in [-0.05, 0) is 106 Å². The summed E-state index contributed by atoms with van der Waals surface area (Å²) in [7, 11) is 0. The van der Waals surface area contributed by atoms with Gasteiger partial charge in [-0.3, -0.25) is 9.59 Å². The van der Waals surface area contributed by atoms with E-state index in [9.17, 15) is 18.4 Å². The van der Waals surface area contributed by atoms with E-state index in [-0.39, 0.29) is 23.8 Å². The number of halogens is 2. The second kappa shape index (κ2) is 12.4. The number of benzene rings is 3. The number of ether oxygens (including phenoxy) is 1. The first-order valence-corrected chi connectivity index (χ1v) is 14.3. The van der Waals surface area contributed by atoms with Crippen molar-refractivity contribution < 1.29 is 23.1 Å². The van der Waals surface area contributed by atoms with Gasteiger partial charge in [0.1, 0.15) is 5.75 Å². The maximum absolute atomic E-state index is 13.8. The van der Waals surface area contributed by atoms with Crippen LogP contribution in [0.4, 0.5) is 8.78 Å². The predicted molar refractivity (Wildman–Crippen MR) is 155 cm³/mol. The van der Waals surface area contributed by atoms with E-state index in [0.717, 1.165) is 56.5 Å². The molecule has 5 rings (SSSR count). The minimum absolute atomic E-state index is 0.0951. The van der Waals surface area contributed by atoms with Gasteiger partial charge in [0.2, 0.25) is 0 Å². The van der Waals surface area contributed by atoms with E-state index in [2.05, 4.69) is 10.6 Å². The Morgan fingerprint density at radius 3 is 2.46 bits per heavy atom. The van der Waals surface area contributed by atoms with Gasteiger partial charge in [0.15, 0.2) is 17.2 Å². The molecular weight excluding hydrogens is 524 g/mol. The van der Waals surface area contributed by atoms with Gasteiger partial charge < -0.3 is 20.3 Å². The molecule has 0 radical (unpaired) electrons. The van der Waals surface area contributed by atoms with Crippen LogP contribution in [-0.4, -0.2) is 54.5 Å². The monoisotopic (exact) mass is 561 g/mol. The lowest BCUT2D eigenvalue weighted by Crippen LogP contribution is -2.52. The van der Waals surface area contributed by atoms with Crippen LogP contribution in [0.3, 0.4) is 0 Å². The second-order valence-electron chi connectivity index (χ2n) is 11.5. The van der Waals surface area contributed by atoms with Gasteiger partial charge in [-0.15, -0.1) is 0 Å².